The number of nitrogens with zero attached hydrogens (tertiary/aromatic N) is 2. The van der Waals surface area contributed by atoms with Gasteiger partial charge in [0, 0.05) is 18.7 Å². The van der Waals surface area contributed by atoms with Gasteiger partial charge in [0.15, 0.2) is 4.90 Å². The monoisotopic (exact) mass is 286 g/mol. The molecule has 1 fully saturated rings. The maximum Gasteiger partial charge on any atom is 0.289 e. The Morgan fingerprint density at radius 1 is 1.42 bits per heavy atom. The number of para-hydroxylation sites is 1. The van der Waals surface area contributed by atoms with Crippen LogP contribution in [0.25, 0.3) is 0 Å². The summed E-state index contributed by atoms with van der Waals surface area (Å²) >= 11 is 0. The largest absolute Gasteiger partial charge is 0.395 e. The summed E-state index contributed by atoms with van der Waals surface area (Å²) in [6.45, 7) is -0.000526. The molecule has 1 aromatic rings. The molecule has 8 heteroatoms. The van der Waals surface area contributed by atoms with E-state index in [1.807, 2.05) is 0 Å². The molecule has 1 atom stereocenters. The predicted molar refractivity (Wildman–Crippen MR) is 67.1 cm³/mol. The molecular formula is C11H14N2O5S. The summed E-state index contributed by atoms with van der Waals surface area (Å²) in [7, 11) is -3.94. The molecule has 0 saturated carbocycles. The maximum absolute atomic E-state index is 12.4. The summed E-state index contributed by atoms with van der Waals surface area (Å²) < 4.78 is 26.0. The Balaban J connectivity index is 2.48. The first-order valence-electron chi connectivity index (χ1n) is 5.84. The molecule has 0 bridgehead atoms. The molecule has 0 spiro atoms. The number of benzene rings is 1. The number of hydrogen-bond donors (Lipinski definition) is 1. The highest BCUT2D eigenvalue weighted by atomic mass is 32.2. The topological polar surface area (TPSA) is 101 Å². The third kappa shape index (κ3) is 2.46. The molecule has 0 aromatic heterocycles. The number of hydrogen-bond acceptors (Lipinski definition) is 5. The third-order valence-corrected chi connectivity index (χ3v) is 5.18. The van der Waals surface area contributed by atoms with Gasteiger partial charge < -0.3 is 5.11 Å². The minimum Gasteiger partial charge on any atom is -0.395 e. The van der Waals surface area contributed by atoms with Crippen LogP contribution >= 0.6 is 0 Å². The Bertz CT molecular complexity index is 587. The van der Waals surface area contributed by atoms with E-state index >= 15 is 0 Å². The van der Waals surface area contributed by atoms with E-state index in [1.165, 1.54) is 18.2 Å². The van der Waals surface area contributed by atoms with Crippen molar-refractivity contribution in [3.05, 3.63) is 34.4 Å². The molecule has 1 heterocycles. The molecule has 0 amide bonds. The van der Waals surface area contributed by atoms with Gasteiger partial charge in [-0.3, -0.25) is 10.1 Å². The molecule has 1 aliphatic heterocycles. The number of nitro benzene ring substituents is 1. The Morgan fingerprint density at radius 2 is 2.11 bits per heavy atom. The van der Waals surface area contributed by atoms with Crippen molar-refractivity contribution in [3.8, 4) is 0 Å². The smallest absolute Gasteiger partial charge is 0.289 e. The van der Waals surface area contributed by atoms with Crippen molar-refractivity contribution in [1.29, 1.82) is 0 Å². The number of nitro groups is 1. The molecule has 104 valence electrons. The van der Waals surface area contributed by atoms with Crippen LogP contribution < -0.4 is 0 Å². The van der Waals surface area contributed by atoms with Crippen LogP contribution in [0.15, 0.2) is 29.2 Å². The van der Waals surface area contributed by atoms with E-state index in [-0.39, 0.29) is 18.0 Å². The number of rotatable bonds is 4. The molecule has 19 heavy (non-hydrogen) atoms. The van der Waals surface area contributed by atoms with E-state index in [0.29, 0.717) is 12.8 Å². The van der Waals surface area contributed by atoms with Crippen molar-refractivity contribution in [2.24, 2.45) is 0 Å². The van der Waals surface area contributed by atoms with Gasteiger partial charge in [0.1, 0.15) is 0 Å². The average Bonchev–Trinajstić information content (AvgIpc) is 2.87. The van der Waals surface area contributed by atoms with Crippen LogP contribution in [0.5, 0.6) is 0 Å². The first kappa shape index (κ1) is 13.9. The van der Waals surface area contributed by atoms with Crippen LogP contribution in [0.3, 0.4) is 0 Å². The van der Waals surface area contributed by atoms with Gasteiger partial charge in [-0.05, 0) is 18.9 Å². The zero-order valence-electron chi connectivity index (χ0n) is 10.1. The van der Waals surface area contributed by atoms with E-state index in [9.17, 15) is 23.6 Å². The zero-order chi connectivity index (χ0) is 14.0. The summed E-state index contributed by atoms with van der Waals surface area (Å²) in [6.07, 6.45) is 1.21. The second kappa shape index (κ2) is 5.24. The highest BCUT2D eigenvalue weighted by molar-refractivity contribution is 7.89. The van der Waals surface area contributed by atoms with Crippen molar-refractivity contribution in [2.45, 2.75) is 23.8 Å². The van der Waals surface area contributed by atoms with Gasteiger partial charge in [-0.15, -0.1) is 0 Å². The summed E-state index contributed by atoms with van der Waals surface area (Å²) in [5.74, 6) is 0. The minimum absolute atomic E-state index is 0.277. The van der Waals surface area contributed by atoms with Gasteiger partial charge in [-0.2, -0.15) is 4.31 Å². The van der Waals surface area contributed by atoms with Crippen molar-refractivity contribution >= 4 is 15.7 Å². The molecule has 0 aliphatic carbocycles. The van der Waals surface area contributed by atoms with Gasteiger partial charge in [0.05, 0.1) is 11.5 Å². The molecule has 1 N–H and O–H groups in total. The number of sulfonamides is 1. The zero-order valence-corrected chi connectivity index (χ0v) is 10.9. The van der Waals surface area contributed by atoms with Gasteiger partial charge in [-0.1, -0.05) is 12.1 Å². The van der Waals surface area contributed by atoms with E-state index in [2.05, 4.69) is 0 Å². The van der Waals surface area contributed by atoms with Crippen LogP contribution in [0.2, 0.25) is 0 Å². The van der Waals surface area contributed by atoms with Crippen LogP contribution in [-0.4, -0.2) is 41.9 Å². The van der Waals surface area contributed by atoms with Gasteiger partial charge in [0.25, 0.3) is 5.69 Å². The normalized spacial score (nSPS) is 20.6. The van der Waals surface area contributed by atoms with E-state index in [0.717, 1.165) is 10.4 Å². The summed E-state index contributed by atoms with van der Waals surface area (Å²) in [6, 6.07) is 4.76. The fourth-order valence-electron chi connectivity index (χ4n) is 2.26. The third-order valence-electron chi connectivity index (χ3n) is 3.18. The standard InChI is InChI=1S/C11H14N2O5S/c14-8-9-4-3-7-12(9)19(17,18)11-6-2-1-5-10(11)13(15)16/h1-2,5-6,9,14H,3-4,7-8H2. The summed E-state index contributed by atoms with van der Waals surface area (Å²) in [5.41, 5.74) is -0.439. The molecule has 2 rings (SSSR count). The van der Waals surface area contributed by atoms with Crippen molar-refractivity contribution in [2.75, 3.05) is 13.2 Å². The van der Waals surface area contributed by atoms with E-state index < -0.39 is 26.7 Å². The first-order chi connectivity index (χ1) is 8.98. The minimum atomic E-state index is -3.94. The van der Waals surface area contributed by atoms with Crippen LogP contribution in [0.1, 0.15) is 12.8 Å². The van der Waals surface area contributed by atoms with Crippen molar-refractivity contribution in [1.82, 2.24) is 4.31 Å². The Hall–Kier alpha value is -1.51. The predicted octanol–water partition coefficient (Wildman–Crippen LogP) is 0.740. The molecule has 0 radical (unpaired) electrons. The SMILES string of the molecule is O=[N+]([O-])c1ccccc1S(=O)(=O)N1CCCC1CO. The van der Waals surface area contributed by atoms with Crippen LogP contribution in [0.4, 0.5) is 5.69 Å². The highest BCUT2D eigenvalue weighted by Crippen LogP contribution is 2.30. The van der Waals surface area contributed by atoms with Gasteiger partial charge in [0.2, 0.25) is 10.0 Å². The summed E-state index contributed by atoms with van der Waals surface area (Å²) in [4.78, 5) is 9.88. The Morgan fingerprint density at radius 3 is 2.74 bits per heavy atom. The quantitative estimate of drug-likeness (QED) is 0.650. The second-order valence-corrected chi connectivity index (χ2v) is 6.18. The lowest BCUT2D eigenvalue weighted by molar-refractivity contribution is -0.387. The maximum atomic E-state index is 12.4. The lowest BCUT2D eigenvalue weighted by Gasteiger charge is -2.22. The fourth-order valence-corrected chi connectivity index (χ4v) is 4.10. The van der Waals surface area contributed by atoms with Crippen LogP contribution in [-0.2, 0) is 10.0 Å². The van der Waals surface area contributed by atoms with Crippen molar-refractivity contribution in [3.63, 3.8) is 0 Å². The molecule has 7 nitrogen and oxygen atoms in total. The molecular weight excluding hydrogens is 272 g/mol. The second-order valence-electron chi connectivity index (χ2n) is 4.32. The van der Waals surface area contributed by atoms with E-state index in [4.69, 9.17) is 0 Å². The summed E-state index contributed by atoms with van der Waals surface area (Å²) in [5, 5.41) is 20.1. The lowest BCUT2D eigenvalue weighted by Crippen LogP contribution is -2.37. The van der Waals surface area contributed by atoms with Crippen molar-refractivity contribution < 1.29 is 18.4 Å². The number of aliphatic hydroxyl groups excluding tert-OH is 1. The molecule has 1 aliphatic rings. The average molecular weight is 286 g/mol. The first-order valence-corrected chi connectivity index (χ1v) is 7.28. The Kier molecular flexibility index (Phi) is 3.83. The Labute approximate surface area is 110 Å². The van der Waals surface area contributed by atoms with E-state index in [1.54, 1.807) is 0 Å². The highest BCUT2D eigenvalue weighted by Gasteiger charge is 2.38. The van der Waals surface area contributed by atoms with Crippen LogP contribution in [0, 0.1) is 10.1 Å². The molecule has 1 aromatic carbocycles. The van der Waals surface area contributed by atoms with Gasteiger partial charge in [-0.25, -0.2) is 8.42 Å². The van der Waals surface area contributed by atoms with Gasteiger partial charge >= 0.3 is 0 Å². The lowest BCUT2D eigenvalue weighted by atomic mass is 10.2. The molecule has 1 saturated heterocycles. The number of aliphatic hydroxyl groups is 1. The molecule has 1 unspecified atom stereocenters. The fraction of sp³-hybridized carbons (Fsp3) is 0.455.